The van der Waals surface area contributed by atoms with Gasteiger partial charge in [-0.25, -0.2) is 4.79 Å². The molecular weight excluding hydrogens is 262 g/mol. The zero-order valence-electron chi connectivity index (χ0n) is 11.6. The van der Waals surface area contributed by atoms with Crippen LogP contribution in [-0.2, 0) is 11.2 Å². The van der Waals surface area contributed by atoms with Crippen LogP contribution in [0.15, 0.2) is 9.59 Å². The Morgan fingerprint density at radius 3 is 2.60 bits per heavy atom. The maximum Gasteiger partial charge on any atom is 0.325 e. The van der Waals surface area contributed by atoms with Crippen molar-refractivity contribution >= 4 is 5.91 Å². The molecule has 0 saturated heterocycles. The van der Waals surface area contributed by atoms with Crippen LogP contribution in [0.3, 0.4) is 0 Å². The Balaban J connectivity index is 2.38. The summed E-state index contributed by atoms with van der Waals surface area (Å²) in [6.45, 7) is 2.38. The number of H-pyrrole nitrogens is 2. The van der Waals surface area contributed by atoms with E-state index in [1.807, 2.05) is 0 Å². The van der Waals surface area contributed by atoms with E-state index in [1.165, 1.54) is 0 Å². The maximum atomic E-state index is 11.6. The van der Waals surface area contributed by atoms with Crippen molar-refractivity contribution in [3.8, 4) is 0 Å². The summed E-state index contributed by atoms with van der Waals surface area (Å²) in [6, 6.07) is 0. The first-order chi connectivity index (χ1) is 9.54. The molecule has 0 saturated carbocycles. The van der Waals surface area contributed by atoms with E-state index in [2.05, 4.69) is 15.3 Å². The molecule has 1 aromatic heterocycles. The van der Waals surface area contributed by atoms with Crippen molar-refractivity contribution in [1.29, 1.82) is 0 Å². The van der Waals surface area contributed by atoms with Gasteiger partial charge in [-0.3, -0.25) is 14.6 Å². The monoisotopic (exact) mass is 283 g/mol. The van der Waals surface area contributed by atoms with Crippen LogP contribution >= 0.6 is 0 Å². The molecule has 7 heteroatoms. The van der Waals surface area contributed by atoms with Crippen LogP contribution in [0.1, 0.15) is 36.9 Å². The Labute approximate surface area is 116 Å². The van der Waals surface area contributed by atoms with Gasteiger partial charge < -0.3 is 15.4 Å². The Hall–Kier alpha value is -1.89. The molecule has 0 aromatic carbocycles. The van der Waals surface area contributed by atoms with E-state index in [9.17, 15) is 14.4 Å². The minimum absolute atomic E-state index is 0.126. The molecule has 1 rings (SSSR count). The maximum absolute atomic E-state index is 11.6. The summed E-state index contributed by atoms with van der Waals surface area (Å²) in [5.41, 5.74) is -0.0545. The van der Waals surface area contributed by atoms with E-state index in [0.717, 1.165) is 19.3 Å². The summed E-state index contributed by atoms with van der Waals surface area (Å²) in [5.74, 6) is -0.126. The molecule has 0 unspecified atom stereocenters. The minimum atomic E-state index is -0.537. The highest BCUT2D eigenvalue weighted by Gasteiger charge is 2.08. The average Bonchev–Trinajstić information content (AvgIpc) is 2.37. The zero-order chi connectivity index (χ0) is 15.0. The van der Waals surface area contributed by atoms with Crippen LogP contribution in [-0.4, -0.2) is 34.1 Å². The first kappa shape index (κ1) is 16.2. The summed E-state index contributed by atoms with van der Waals surface area (Å²) in [7, 11) is 0. The first-order valence-corrected chi connectivity index (χ1v) is 6.74. The fourth-order valence-corrected chi connectivity index (χ4v) is 1.90. The number of aliphatic hydroxyl groups excluding tert-OH is 1. The molecule has 4 N–H and O–H groups in total. The molecule has 0 atom stereocenters. The van der Waals surface area contributed by atoms with Crippen molar-refractivity contribution < 1.29 is 9.90 Å². The molecule has 0 radical (unpaired) electrons. The third-order valence-electron chi connectivity index (χ3n) is 3.01. The second-order valence-corrected chi connectivity index (χ2v) is 4.65. The van der Waals surface area contributed by atoms with Crippen molar-refractivity contribution in [2.24, 2.45) is 0 Å². The van der Waals surface area contributed by atoms with E-state index >= 15 is 0 Å². The number of aliphatic hydroxyl groups is 1. The average molecular weight is 283 g/mol. The van der Waals surface area contributed by atoms with Crippen LogP contribution in [0.4, 0.5) is 0 Å². The molecule has 0 fully saturated rings. The van der Waals surface area contributed by atoms with Crippen LogP contribution in [0.25, 0.3) is 0 Å². The molecule has 1 amide bonds. The van der Waals surface area contributed by atoms with E-state index in [0.29, 0.717) is 24.2 Å². The number of hydrogen-bond donors (Lipinski definition) is 4. The molecule has 0 aliphatic rings. The largest absolute Gasteiger partial charge is 0.396 e. The number of amides is 1. The van der Waals surface area contributed by atoms with Gasteiger partial charge in [-0.2, -0.15) is 0 Å². The molecule has 0 bridgehead atoms. The summed E-state index contributed by atoms with van der Waals surface area (Å²) < 4.78 is 0. The van der Waals surface area contributed by atoms with Crippen molar-refractivity contribution in [1.82, 2.24) is 15.3 Å². The van der Waals surface area contributed by atoms with Gasteiger partial charge in [0.1, 0.15) is 0 Å². The lowest BCUT2D eigenvalue weighted by atomic mass is 10.1. The van der Waals surface area contributed by atoms with E-state index in [1.54, 1.807) is 6.92 Å². The van der Waals surface area contributed by atoms with Gasteiger partial charge in [-0.15, -0.1) is 0 Å². The molecule has 112 valence electrons. The van der Waals surface area contributed by atoms with Crippen molar-refractivity contribution in [2.75, 3.05) is 13.2 Å². The van der Waals surface area contributed by atoms with Gasteiger partial charge in [0.05, 0.1) is 0 Å². The minimum Gasteiger partial charge on any atom is -0.396 e. The van der Waals surface area contributed by atoms with E-state index in [-0.39, 0.29) is 18.9 Å². The molecule has 0 aliphatic heterocycles. The number of unbranched alkanes of at least 4 members (excludes halogenated alkanes) is 2. The lowest BCUT2D eigenvalue weighted by molar-refractivity contribution is -0.121. The third kappa shape index (κ3) is 5.40. The van der Waals surface area contributed by atoms with Gasteiger partial charge in [0, 0.05) is 30.8 Å². The number of aryl methyl sites for hydroxylation is 1. The highest BCUT2D eigenvalue weighted by atomic mass is 16.3. The zero-order valence-corrected chi connectivity index (χ0v) is 11.6. The fourth-order valence-electron chi connectivity index (χ4n) is 1.90. The molecular formula is C13H21N3O4. The van der Waals surface area contributed by atoms with Gasteiger partial charge in [0.25, 0.3) is 5.56 Å². The predicted octanol–water partition coefficient (Wildman–Crippen LogP) is -0.417. The number of aromatic nitrogens is 2. The summed E-state index contributed by atoms with van der Waals surface area (Å²) in [6.07, 6.45) is 2.93. The highest BCUT2D eigenvalue weighted by Crippen LogP contribution is 2.00. The van der Waals surface area contributed by atoms with Gasteiger partial charge in [0.2, 0.25) is 5.91 Å². The number of carbonyl (C=O) groups excluding carboxylic acids is 1. The quantitative estimate of drug-likeness (QED) is 0.485. The van der Waals surface area contributed by atoms with Crippen LogP contribution in [0, 0.1) is 6.92 Å². The predicted molar refractivity (Wildman–Crippen MR) is 74.7 cm³/mol. The fraction of sp³-hybridized carbons (Fsp3) is 0.615. The van der Waals surface area contributed by atoms with Crippen LogP contribution in [0.5, 0.6) is 0 Å². The Morgan fingerprint density at radius 1 is 1.20 bits per heavy atom. The number of hydrogen-bond acceptors (Lipinski definition) is 4. The topological polar surface area (TPSA) is 115 Å². The lowest BCUT2D eigenvalue weighted by Gasteiger charge is -2.06. The number of nitrogens with one attached hydrogen (secondary N) is 3. The standard InChI is InChI=1S/C13H21N3O4/c1-9-10(12(19)16-13(20)15-9)5-6-11(18)14-7-3-2-4-8-17/h17H,2-8H2,1H3,(H,14,18)(H2,15,16,19,20). The number of aromatic amines is 2. The Morgan fingerprint density at radius 2 is 1.95 bits per heavy atom. The van der Waals surface area contributed by atoms with E-state index in [4.69, 9.17) is 5.11 Å². The van der Waals surface area contributed by atoms with Crippen molar-refractivity contribution in [3.05, 3.63) is 32.1 Å². The molecule has 0 aliphatic carbocycles. The van der Waals surface area contributed by atoms with Gasteiger partial charge in [0.15, 0.2) is 0 Å². The first-order valence-electron chi connectivity index (χ1n) is 6.74. The number of rotatable bonds is 8. The third-order valence-corrected chi connectivity index (χ3v) is 3.01. The summed E-state index contributed by atoms with van der Waals surface area (Å²) in [4.78, 5) is 38.8. The second-order valence-electron chi connectivity index (χ2n) is 4.65. The van der Waals surface area contributed by atoms with E-state index < -0.39 is 11.2 Å². The van der Waals surface area contributed by atoms with Gasteiger partial charge in [-0.1, -0.05) is 0 Å². The summed E-state index contributed by atoms with van der Waals surface area (Å²) in [5, 5.41) is 11.4. The number of carbonyl (C=O) groups is 1. The van der Waals surface area contributed by atoms with Gasteiger partial charge >= 0.3 is 5.69 Å². The molecule has 1 aromatic rings. The Bertz CT molecular complexity index is 547. The van der Waals surface area contributed by atoms with Gasteiger partial charge in [-0.05, 0) is 32.6 Å². The molecule has 0 spiro atoms. The molecule has 7 nitrogen and oxygen atoms in total. The van der Waals surface area contributed by atoms with Crippen LogP contribution in [0.2, 0.25) is 0 Å². The molecule has 20 heavy (non-hydrogen) atoms. The lowest BCUT2D eigenvalue weighted by Crippen LogP contribution is -2.29. The normalized spacial score (nSPS) is 10.5. The van der Waals surface area contributed by atoms with Crippen LogP contribution < -0.4 is 16.6 Å². The highest BCUT2D eigenvalue weighted by molar-refractivity contribution is 5.76. The Kier molecular flexibility index (Phi) is 6.72. The molecule has 1 heterocycles. The smallest absolute Gasteiger partial charge is 0.325 e. The summed E-state index contributed by atoms with van der Waals surface area (Å²) >= 11 is 0. The van der Waals surface area contributed by atoms with Crippen molar-refractivity contribution in [2.45, 2.75) is 39.0 Å². The van der Waals surface area contributed by atoms with Crippen molar-refractivity contribution in [3.63, 3.8) is 0 Å². The second kappa shape index (κ2) is 8.31. The SMILES string of the molecule is Cc1[nH]c(=O)[nH]c(=O)c1CCC(=O)NCCCCCO.